The van der Waals surface area contributed by atoms with Crippen LogP contribution in [0.5, 0.6) is 0 Å². The molecule has 0 radical (unpaired) electrons. The van der Waals surface area contributed by atoms with Gasteiger partial charge in [0.15, 0.2) is 0 Å². The molecule has 1 aromatic carbocycles. The number of nitrogens with one attached hydrogen (secondary N) is 1. The first-order valence-corrected chi connectivity index (χ1v) is 11.9. The highest BCUT2D eigenvalue weighted by Gasteiger charge is 2.69. The van der Waals surface area contributed by atoms with Crippen LogP contribution in [-0.2, 0) is 10.2 Å². The van der Waals surface area contributed by atoms with Crippen LogP contribution in [0.1, 0.15) is 70.8 Å². The van der Waals surface area contributed by atoms with E-state index in [4.69, 9.17) is 5.73 Å². The topological polar surface area (TPSA) is 55.1 Å². The number of benzene rings is 1. The first-order chi connectivity index (χ1) is 14.4. The van der Waals surface area contributed by atoms with Gasteiger partial charge in [-0.2, -0.15) is 0 Å². The molecule has 5 saturated carbocycles. The lowest BCUT2D eigenvalue weighted by atomic mass is 9.63. The Morgan fingerprint density at radius 3 is 2.50 bits per heavy atom. The molecule has 5 aliphatic rings. The monoisotopic (exact) mass is 404 g/mol. The summed E-state index contributed by atoms with van der Waals surface area (Å²) in [4.78, 5) is 13.8. The molecule has 1 amide bonds. The largest absolute Gasteiger partial charge is 0.353 e. The average Bonchev–Trinajstić information content (AvgIpc) is 3.11. The number of carbonyl (C=O) groups is 1. The van der Waals surface area contributed by atoms with Gasteiger partial charge in [-0.1, -0.05) is 53.6 Å². The molecule has 1 aromatic rings. The molecule has 5 aliphatic carbocycles. The van der Waals surface area contributed by atoms with Crippen molar-refractivity contribution < 1.29 is 4.79 Å². The van der Waals surface area contributed by atoms with Gasteiger partial charge in [0.25, 0.3) is 0 Å². The molecule has 3 N–H and O–H groups in total. The fourth-order valence-corrected chi connectivity index (χ4v) is 7.26. The summed E-state index contributed by atoms with van der Waals surface area (Å²) < 4.78 is 0. The van der Waals surface area contributed by atoms with Gasteiger partial charge in [0.05, 0.1) is 5.41 Å². The van der Waals surface area contributed by atoms with E-state index >= 15 is 0 Å². The normalized spacial score (nSPS) is 40.6. The highest BCUT2D eigenvalue weighted by atomic mass is 16.2. The molecular weight excluding hydrogens is 368 g/mol. The minimum Gasteiger partial charge on any atom is -0.353 e. The third-order valence-electron chi connectivity index (χ3n) is 8.59. The minimum atomic E-state index is -0.223. The second-order valence-electron chi connectivity index (χ2n) is 10.8. The van der Waals surface area contributed by atoms with Crippen molar-refractivity contribution in [2.24, 2.45) is 23.0 Å². The van der Waals surface area contributed by atoms with Crippen LogP contribution in [-0.4, -0.2) is 18.0 Å². The summed E-state index contributed by atoms with van der Waals surface area (Å²) >= 11 is 0. The van der Waals surface area contributed by atoms with E-state index in [-0.39, 0.29) is 10.8 Å². The van der Waals surface area contributed by atoms with E-state index in [9.17, 15) is 4.79 Å². The molecule has 3 heteroatoms. The predicted octanol–water partition coefficient (Wildman–Crippen LogP) is 5.02. The number of amides is 1. The first kappa shape index (κ1) is 20.1. The zero-order valence-corrected chi connectivity index (χ0v) is 18.5. The predicted molar refractivity (Wildman–Crippen MR) is 122 cm³/mol. The van der Waals surface area contributed by atoms with E-state index in [1.165, 1.54) is 17.6 Å². The molecule has 4 atom stereocenters. The van der Waals surface area contributed by atoms with Crippen molar-refractivity contribution in [3.05, 3.63) is 59.2 Å². The number of carbonyl (C=O) groups excluding carboxylic acids is 1. The molecule has 5 fully saturated rings. The van der Waals surface area contributed by atoms with Gasteiger partial charge in [0.1, 0.15) is 0 Å². The van der Waals surface area contributed by atoms with Crippen molar-refractivity contribution >= 4 is 5.91 Å². The molecule has 0 aliphatic heterocycles. The van der Waals surface area contributed by atoms with E-state index in [2.05, 4.69) is 61.6 Å². The van der Waals surface area contributed by atoms with Crippen LogP contribution in [0.4, 0.5) is 0 Å². The van der Waals surface area contributed by atoms with E-state index in [1.807, 2.05) is 0 Å². The van der Waals surface area contributed by atoms with Gasteiger partial charge in [-0.3, -0.25) is 4.79 Å². The van der Waals surface area contributed by atoms with Gasteiger partial charge in [0.2, 0.25) is 5.91 Å². The molecular formula is C27H36N2O. The highest BCUT2D eigenvalue weighted by Crippen LogP contribution is 2.72. The standard InChI is InChI=1S/C27H36N2O/c1-18(2)8-13-23-19-14-26(20-6-4-3-5-7-20)16-24(23)27(15-19,17-26)25(30)29-22-11-9-21(28)10-12-22/h3-8,13,19,21-22,24H,9-12,14-17,28H2,1-2H3,(H,29,30)/b23-13-. The summed E-state index contributed by atoms with van der Waals surface area (Å²) in [6.45, 7) is 4.31. The number of rotatable bonds is 4. The van der Waals surface area contributed by atoms with Crippen molar-refractivity contribution in [1.82, 2.24) is 5.32 Å². The fraction of sp³-hybridized carbons (Fsp3) is 0.593. The van der Waals surface area contributed by atoms with Crippen LogP contribution in [0.2, 0.25) is 0 Å². The van der Waals surface area contributed by atoms with E-state index in [1.54, 1.807) is 5.57 Å². The third kappa shape index (κ3) is 3.17. The van der Waals surface area contributed by atoms with Gasteiger partial charge in [-0.05, 0) is 88.0 Å². The lowest BCUT2D eigenvalue weighted by Crippen LogP contribution is -2.49. The SMILES string of the molecule is CC(C)=C/C=C1/C2CC3(c4ccccc4)CC1C(C(=O)NC1CCC(N)CC1)(C2)C3. The molecule has 3 nitrogen and oxygen atoms in total. The maximum atomic E-state index is 13.8. The minimum absolute atomic E-state index is 0.170. The van der Waals surface area contributed by atoms with Crippen molar-refractivity contribution in [3.63, 3.8) is 0 Å². The van der Waals surface area contributed by atoms with Crippen LogP contribution in [0.3, 0.4) is 0 Å². The number of allylic oxidation sites excluding steroid dienone is 4. The smallest absolute Gasteiger partial charge is 0.227 e. The highest BCUT2D eigenvalue weighted by molar-refractivity contribution is 5.86. The zero-order valence-electron chi connectivity index (χ0n) is 18.5. The molecule has 6 rings (SSSR count). The Kier molecular flexibility index (Phi) is 4.93. The second-order valence-corrected chi connectivity index (χ2v) is 10.8. The summed E-state index contributed by atoms with van der Waals surface area (Å²) in [7, 11) is 0. The molecule has 0 spiro atoms. The Hall–Kier alpha value is -1.87. The van der Waals surface area contributed by atoms with Crippen molar-refractivity contribution in [3.8, 4) is 0 Å². The van der Waals surface area contributed by atoms with Gasteiger partial charge in [0, 0.05) is 12.1 Å². The Labute approximate surface area is 181 Å². The van der Waals surface area contributed by atoms with Gasteiger partial charge in [-0.25, -0.2) is 0 Å². The summed E-state index contributed by atoms with van der Waals surface area (Å²) in [6.07, 6.45) is 13.1. The van der Waals surface area contributed by atoms with Crippen LogP contribution in [0.15, 0.2) is 53.6 Å². The van der Waals surface area contributed by atoms with Crippen molar-refractivity contribution in [2.45, 2.75) is 82.7 Å². The Balaban J connectivity index is 1.47. The van der Waals surface area contributed by atoms with Crippen molar-refractivity contribution in [2.75, 3.05) is 0 Å². The van der Waals surface area contributed by atoms with Crippen LogP contribution in [0.25, 0.3) is 0 Å². The molecule has 0 saturated heterocycles. The van der Waals surface area contributed by atoms with Gasteiger partial charge in [-0.15, -0.1) is 0 Å². The van der Waals surface area contributed by atoms with E-state index in [0.717, 1.165) is 44.9 Å². The zero-order chi connectivity index (χ0) is 20.9. The maximum Gasteiger partial charge on any atom is 0.227 e. The van der Waals surface area contributed by atoms with Gasteiger partial charge >= 0.3 is 0 Å². The van der Waals surface area contributed by atoms with Gasteiger partial charge < -0.3 is 11.1 Å². The Bertz CT molecular complexity index is 875. The van der Waals surface area contributed by atoms with Crippen molar-refractivity contribution in [1.29, 1.82) is 0 Å². The van der Waals surface area contributed by atoms with E-state index in [0.29, 0.717) is 29.8 Å². The first-order valence-electron chi connectivity index (χ1n) is 11.9. The summed E-state index contributed by atoms with van der Waals surface area (Å²) in [5, 5.41) is 3.50. The van der Waals surface area contributed by atoms with Crippen LogP contribution < -0.4 is 11.1 Å². The number of hydrogen-bond acceptors (Lipinski definition) is 2. The second kappa shape index (κ2) is 7.37. The average molecular weight is 405 g/mol. The number of nitrogens with two attached hydrogens (primary N) is 1. The summed E-state index contributed by atoms with van der Waals surface area (Å²) in [5.41, 5.74) is 10.4. The van der Waals surface area contributed by atoms with Crippen LogP contribution >= 0.6 is 0 Å². The summed E-state index contributed by atoms with van der Waals surface area (Å²) in [6, 6.07) is 11.6. The lowest BCUT2D eigenvalue weighted by molar-refractivity contribution is -0.133. The third-order valence-corrected chi connectivity index (χ3v) is 8.59. The fourth-order valence-electron chi connectivity index (χ4n) is 7.26. The maximum absolute atomic E-state index is 13.8. The molecule has 4 bridgehead atoms. The van der Waals surface area contributed by atoms with E-state index < -0.39 is 0 Å². The quantitative estimate of drug-likeness (QED) is 0.740. The molecule has 30 heavy (non-hydrogen) atoms. The Morgan fingerprint density at radius 1 is 1.07 bits per heavy atom. The number of hydrogen-bond donors (Lipinski definition) is 2. The van der Waals surface area contributed by atoms with Crippen LogP contribution in [0, 0.1) is 17.3 Å². The lowest BCUT2D eigenvalue weighted by Gasteiger charge is -2.41. The Morgan fingerprint density at radius 2 is 1.80 bits per heavy atom. The summed E-state index contributed by atoms with van der Waals surface area (Å²) in [5.74, 6) is 1.26. The molecule has 0 heterocycles. The molecule has 0 aromatic heterocycles. The molecule has 4 unspecified atom stereocenters. The molecule has 160 valence electrons.